The van der Waals surface area contributed by atoms with E-state index in [2.05, 4.69) is 0 Å². The first-order chi connectivity index (χ1) is 5.97. The van der Waals surface area contributed by atoms with Crippen molar-refractivity contribution in [2.24, 2.45) is 0 Å². The van der Waals surface area contributed by atoms with E-state index in [0.29, 0.717) is 19.8 Å². The van der Waals surface area contributed by atoms with Crippen molar-refractivity contribution in [1.82, 2.24) is 0 Å². The summed E-state index contributed by atoms with van der Waals surface area (Å²) in [6, 6.07) is 0. The lowest BCUT2D eigenvalue weighted by Crippen LogP contribution is -2.34. The van der Waals surface area contributed by atoms with Crippen LogP contribution in [0.5, 0.6) is 0 Å². The zero-order valence-electron chi connectivity index (χ0n) is 8.75. The lowest BCUT2D eigenvalue weighted by molar-refractivity contribution is -0.246. The van der Waals surface area contributed by atoms with Gasteiger partial charge in [-0.3, -0.25) is 0 Å². The van der Waals surface area contributed by atoms with Gasteiger partial charge in [-0.2, -0.15) is 0 Å². The van der Waals surface area contributed by atoms with Gasteiger partial charge in [-0.1, -0.05) is 0 Å². The van der Waals surface area contributed by atoms with E-state index in [4.69, 9.17) is 18.9 Å². The van der Waals surface area contributed by atoms with Crippen LogP contribution >= 0.6 is 0 Å². The molecule has 1 atom stereocenters. The summed E-state index contributed by atoms with van der Waals surface area (Å²) in [7, 11) is 1.64. The van der Waals surface area contributed by atoms with E-state index < -0.39 is 11.6 Å². The standard InChI is InChI=1S/C9H18O4/c1-8(2)12-7-9(3,13-8)11-6-5-10-4/h5-7H2,1-4H3/t9-/m0/s1. The molecule has 0 unspecified atom stereocenters. The molecule has 0 radical (unpaired) electrons. The third-order valence-electron chi connectivity index (χ3n) is 1.84. The molecule has 1 rings (SSSR count). The van der Waals surface area contributed by atoms with E-state index in [1.807, 2.05) is 20.8 Å². The van der Waals surface area contributed by atoms with E-state index in [0.717, 1.165) is 0 Å². The first-order valence-corrected chi connectivity index (χ1v) is 4.44. The molecule has 4 nitrogen and oxygen atoms in total. The first kappa shape index (κ1) is 10.9. The van der Waals surface area contributed by atoms with Crippen molar-refractivity contribution in [1.29, 1.82) is 0 Å². The summed E-state index contributed by atoms with van der Waals surface area (Å²) < 4.78 is 21.4. The molecular formula is C9H18O4. The molecule has 0 N–H and O–H groups in total. The molecule has 1 heterocycles. The SMILES string of the molecule is COCCO[C@]1(C)COC(C)(C)O1. The molecule has 0 spiro atoms. The topological polar surface area (TPSA) is 36.9 Å². The van der Waals surface area contributed by atoms with Crippen LogP contribution in [0.4, 0.5) is 0 Å². The van der Waals surface area contributed by atoms with Crippen LogP contribution in [-0.4, -0.2) is 38.5 Å². The molecule has 0 bridgehead atoms. The summed E-state index contributed by atoms with van der Waals surface area (Å²) in [6.07, 6.45) is 0. The Morgan fingerprint density at radius 1 is 1.23 bits per heavy atom. The summed E-state index contributed by atoms with van der Waals surface area (Å²) in [5.41, 5.74) is 0. The van der Waals surface area contributed by atoms with Crippen LogP contribution in [0.15, 0.2) is 0 Å². The van der Waals surface area contributed by atoms with Gasteiger partial charge in [0.1, 0.15) is 6.61 Å². The number of rotatable bonds is 4. The highest BCUT2D eigenvalue weighted by molar-refractivity contribution is 4.74. The smallest absolute Gasteiger partial charge is 0.192 e. The third kappa shape index (κ3) is 3.23. The second-order valence-electron chi connectivity index (χ2n) is 3.77. The summed E-state index contributed by atoms with van der Waals surface area (Å²) in [5.74, 6) is -1.16. The van der Waals surface area contributed by atoms with E-state index in [9.17, 15) is 0 Å². The van der Waals surface area contributed by atoms with Gasteiger partial charge in [-0.05, 0) is 20.8 Å². The number of methoxy groups -OCH3 is 1. The largest absolute Gasteiger partial charge is 0.382 e. The Bertz CT molecular complexity index is 169. The summed E-state index contributed by atoms with van der Waals surface area (Å²) >= 11 is 0. The minimum Gasteiger partial charge on any atom is -0.382 e. The molecular weight excluding hydrogens is 172 g/mol. The predicted octanol–water partition coefficient (Wildman–Crippen LogP) is 1.15. The monoisotopic (exact) mass is 190 g/mol. The molecule has 1 fully saturated rings. The highest BCUT2D eigenvalue weighted by Gasteiger charge is 2.42. The lowest BCUT2D eigenvalue weighted by atomic mass is 10.3. The van der Waals surface area contributed by atoms with E-state index in [-0.39, 0.29) is 0 Å². The second-order valence-corrected chi connectivity index (χ2v) is 3.77. The Labute approximate surface area is 79.1 Å². The van der Waals surface area contributed by atoms with E-state index in [1.165, 1.54) is 0 Å². The molecule has 1 aliphatic rings. The normalized spacial score (nSPS) is 32.3. The zero-order valence-corrected chi connectivity index (χ0v) is 8.75. The van der Waals surface area contributed by atoms with Crippen molar-refractivity contribution >= 4 is 0 Å². The highest BCUT2D eigenvalue weighted by atomic mass is 16.8. The number of hydrogen-bond acceptors (Lipinski definition) is 4. The van der Waals surface area contributed by atoms with Crippen molar-refractivity contribution in [2.45, 2.75) is 32.3 Å². The molecule has 0 aliphatic carbocycles. The Morgan fingerprint density at radius 2 is 1.92 bits per heavy atom. The van der Waals surface area contributed by atoms with Crippen molar-refractivity contribution in [3.05, 3.63) is 0 Å². The van der Waals surface area contributed by atoms with Gasteiger partial charge in [-0.25, -0.2) is 0 Å². The molecule has 0 amide bonds. The summed E-state index contributed by atoms with van der Waals surface area (Å²) in [4.78, 5) is 0. The molecule has 78 valence electrons. The van der Waals surface area contributed by atoms with Crippen molar-refractivity contribution < 1.29 is 18.9 Å². The van der Waals surface area contributed by atoms with Crippen LogP contribution in [0.3, 0.4) is 0 Å². The lowest BCUT2D eigenvalue weighted by Gasteiger charge is -2.24. The van der Waals surface area contributed by atoms with Gasteiger partial charge in [0, 0.05) is 7.11 Å². The van der Waals surface area contributed by atoms with Gasteiger partial charge in [0.15, 0.2) is 11.6 Å². The summed E-state index contributed by atoms with van der Waals surface area (Å²) in [6.45, 7) is 7.17. The van der Waals surface area contributed by atoms with Crippen LogP contribution < -0.4 is 0 Å². The van der Waals surface area contributed by atoms with Crippen LogP contribution in [-0.2, 0) is 18.9 Å². The average Bonchev–Trinajstić information content (AvgIpc) is 2.27. The van der Waals surface area contributed by atoms with Crippen molar-refractivity contribution in [2.75, 3.05) is 26.9 Å². The second kappa shape index (κ2) is 3.92. The predicted molar refractivity (Wildman–Crippen MR) is 47.3 cm³/mol. The Kier molecular flexibility index (Phi) is 3.29. The first-order valence-electron chi connectivity index (χ1n) is 4.44. The van der Waals surface area contributed by atoms with E-state index >= 15 is 0 Å². The minimum absolute atomic E-state index is 0.462. The molecule has 1 aliphatic heterocycles. The maximum atomic E-state index is 5.58. The van der Waals surface area contributed by atoms with Gasteiger partial charge in [0.05, 0.1) is 13.2 Å². The van der Waals surface area contributed by atoms with Crippen molar-refractivity contribution in [3.8, 4) is 0 Å². The van der Waals surface area contributed by atoms with Crippen LogP contribution in [0.1, 0.15) is 20.8 Å². The third-order valence-corrected chi connectivity index (χ3v) is 1.84. The maximum absolute atomic E-state index is 5.58. The molecule has 0 aromatic heterocycles. The minimum atomic E-state index is -0.623. The van der Waals surface area contributed by atoms with Gasteiger partial charge in [-0.15, -0.1) is 0 Å². The van der Waals surface area contributed by atoms with Gasteiger partial charge >= 0.3 is 0 Å². The molecule has 0 aromatic carbocycles. The number of ether oxygens (including phenoxy) is 4. The quantitative estimate of drug-likeness (QED) is 0.623. The van der Waals surface area contributed by atoms with Crippen LogP contribution in [0.25, 0.3) is 0 Å². The fourth-order valence-electron chi connectivity index (χ4n) is 1.30. The molecule has 4 heteroatoms. The van der Waals surface area contributed by atoms with Gasteiger partial charge < -0.3 is 18.9 Å². The molecule has 0 aromatic rings. The summed E-state index contributed by atoms with van der Waals surface area (Å²) in [5, 5.41) is 0. The number of hydrogen-bond donors (Lipinski definition) is 0. The van der Waals surface area contributed by atoms with Crippen molar-refractivity contribution in [3.63, 3.8) is 0 Å². The van der Waals surface area contributed by atoms with Gasteiger partial charge in [0.25, 0.3) is 0 Å². The van der Waals surface area contributed by atoms with Crippen LogP contribution in [0.2, 0.25) is 0 Å². The zero-order chi connectivity index (χ0) is 9.95. The average molecular weight is 190 g/mol. The molecule has 1 saturated heterocycles. The fraction of sp³-hybridized carbons (Fsp3) is 1.00. The maximum Gasteiger partial charge on any atom is 0.192 e. The molecule has 13 heavy (non-hydrogen) atoms. The van der Waals surface area contributed by atoms with E-state index in [1.54, 1.807) is 7.11 Å². The highest BCUT2D eigenvalue weighted by Crippen LogP contribution is 2.31. The Balaban J connectivity index is 2.32. The van der Waals surface area contributed by atoms with Crippen LogP contribution in [0, 0.1) is 0 Å². The fourth-order valence-corrected chi connectivity index (χ4v) is 1.30. The molecule has 0 saturated carbocycles. The van der Waals surface area contributed by atoms with Gasteiger partial charge in [0.2, 0.25) is 0 Å². The Hall–Kier alpha value is -0.160. The Morgan fingerprint density at radius 3 is 2.38 bits per heavy atom.